The Bertz CT molecular complexity index is 638. The largest absolute Gasteiger partial charge is 0.339 e. The van der Waals surface area contributed by atoms with Crippen LogP contribution in [0.1, 0.15) is 55.4 Å². The number of aromatic nitrogens is 2. The van der Waals surface area contributed by atoms with Crippen LogP contribution < -0.4 is 5.56 Å². The number of piperazine rings is 1. The van der Waals surface area contributed by atoms with E-state index in [0.29, 0.717) is 38.5 Å². The van der Waals surface area contributed by atoms with Crippen molar-refractivity contribution in [3.8, 4) is 0 Å². The summed E-state index contributed by atoms with van der Waals surface area (Å²) in [6, 6.07) is 2.73. The number of rotatable bonds is 4. The van der Waals surface area contributed by atoms with Crippen molar-refractivity contribution in [3.63, 3.8) is 0 Å². The van der Waals surface area contributed by atoms with Gasteiger partial charge in [-0.3, -0.25) is 14.4 Å². The van der Waals surface area contributed by atoms with E-state index in [1.165, 1.54) is 44.2 Å². The number of amides is 2. The SMILES string of the molecule is O=C(CCC1CCCCC1)N1CCN(C(=O)c2ccc(=O)[nH]n2)CC1. The Morgan fingerprint density at radius 2 is 1.72 bits per heavy atom. The zero-order chi connectivity index (χ0) is 17.6. The molecule has 0 radical (unpaired) electrons. The van der Waals surface area contributed by atoms with Crippen molar-refractivity contribution in [1.82, 2.24) is 20.0 Å². The van der Waals surface area contributed by atoms with Crippen molar-refractivity contribution in [2.75, 3.05) is 26.2 Å². The molecule has 0 aromatic carbocycles. The van der Waals surface area contributed by atoms with Gasteiger partial charge >= 0.3 is 0 Å². The van der Waals surface area contributed by atoms with Gasteiger partial charge in [-0.1, -0.05) is 32.1 Å². The lowest BCUT2D eigenvalue weighted by molar-refractivity contribution is -0.133. The monoisotopic (exact) mass is 346 g/mol. The molecule has 1 saturated heterocycles. The fourth-order valence-electron chi connectivity index (χ4n) is 3.75. The second-order valence-corrected chi connectivity index (χ2v) is 7.02. The van der Waals surface area contributed by atoms with E-state index in [4.69, 9.17) is 0 Å². The van der Waals surface area contributed by atoms with E-state index in [9.17, 15) is 14.4 Å². The Kier molecular flexibility index (Phi) is 5.83. The summed E-state index contributed by atoms with van der Waals surface area (Å²) in [5.41, 5.74) is -0.0957. The molecule has 1 aliphatic carbocycles. The highest BCUT2D eigenvalue weighted by atomic mass is 16.2. The molecule has 0 atom stereocenters. The van der Waals surface area contributed by atoms with Crippen LogP contribution in [0.3, 0.4) is 0 Å². The molecular formula is C18H26N4O3. The molecule has 0 spiro atoms. The third-order valence-corrected chi connectivity index (χ3v) is 5.31. The summed E-state index contributed by atoms with van der Waals surface area (Å²) in [6.45, 7) is 2.15. The van der Waals surface area contributed by atoms with Gasteiger partial charge in [-0.15, -0.1) is 0 Å². The van der Waals surface area contributed by atoms with E-state index in [-0.39, 0.29) is 23.1 Å². The van der Waals surface area contributed by atoms with Crippen molar-refractivity contribution in [2.24, 2.45) is 5.92 Å². The molecule has 25 heavy (non-hydrogen) atoms. The van der Waals surface area contributed by atoms with Crippen molar-refractivity contribution >= 4 is 11.8 Å². The molecule has 1 aromatic rings. The molecule has 1 N–H and O–H groups in total. The van der Waals surface area contributed by atoms with E-state index in [1.807, 2.05) is 4.90 Å². The number of H-pyrrole nitrogens is 1. The average molecular weight is 346 g/mol. The van der Waals surface area contributed by atoms with Crippen LogP contribution in [0.15, 0.2) is 16.9 Å². The molecule has 2 heterocycles. The van der Waals surface area contributed by atoms with Gasteiger partial charge in [0.25, 0.3) is 11.5 Å². The minimum absolute atomic E-state index is 0.203. The van der Waals surface area contributed by atoms with Gasteiger partial charge in [-0.05, 0) is 18.4 Å². The van der Waals surface area contributed by atoms with Gasteiger partial charge in [0.1, 0.15) is 5.69 Å². The van der Waals surface area contributed by atoms with Gasteiger partial charge in [0.15, 0.2) is 0 Å². The highest BCUT2D eigenvalue weighted by Crippen LogP contribution is 2.27. The summed E-state index contributed by atoms with van der Waals surface area (Å²) >= 11 is 0. The Balaban J connectivity index is 1.44. The number of nitrogens with zero attached hydrogens (tertiary/aromatic N) is 3. The van der Waals surface area contributed by atoms with E-state index >= 15 is 0 Å². The lowest BCUT2D eigenvalue weighted by atomic mass is 9.86. The zero-order valence-corrected chi connectivity index (χ0v) is 14.6. The van der Waals surface area contributed by atoms with Gasteiger partial charge in [0.2, 0.25) is 5.91 Å². The highest BCUT2D eigenvalue weighted by Gasteiger charge is 2.26. The summed E-state index contributed by atoms with van der Waals surface area (Å²) in [7, 11) is 0. The van der Waals surface area contributed by atoms with E-state index in [2.05, 4.69) is 10.2 Å². The smallest absolute Gasteiger partial charge is 0.274 e. The number of hydrogen-bond donors (Lipinski definition) is 1. The number of carbonyl (C=O) groups excluding carboxylic acids is 2. The second-order valence-electron chi connectivity index (χ2n) is 7.02. The molecule has 136 valence electrons. The van der Waals surface area contributed by atoms with Crippen LogP contribution in [-0.4, -0.2) is 58.0 Å². The first-order valence-electron chi connectivity index (χ1n) is 9.26. The molecule has 2 aliphatic rings. The normalized spacial score (nSPS) is 19.0. The molecule has 2 fully saturated rings. The van der Waals surface area contributed by atoms with E-state index in [1.54, 1.807) is 4.90 Å². The highest BCUT2D eigenvalue weighted by molar-refractivity contribution is 5.92. The van der Waals surface area contributed by atoms with Crippen LogP contribution in [0, 0.1) is 5.92 Å². The van der Waals surface area contributed by atoms with Gasteiger partial charge in [-0.2, -0.15) is 5.10 Å². The molecule has 0 unspecified atom stereocenters. The Labute approximate surface area is 147 Å². The summed E-state index contributed by atoms with van der Waals surface area (Å²) < 4.78 is 0. The molecule has 2 amide bonds. The predicted molar refractivity (Wildman–Crippen MR) is 93.2 cm³/mol. The topological polar surface area (TPSA) is 86.4 Å². The van der Waals surface area contributed by atoms with Crippen LogP contribution in [-0.2, 0) is 4.79 Å². The van der Waals surface area contributed by atoms with Crippen molar-refractivity contribution in [3.05, 3.63) is 28.2 Å². The van der Waals surface area contributed by atoms with Crippen molar-refractivity contribution in [1.29, 1.82) is 0 Å². The maximum Gasteiger partial charge on any atom is 0.274 e. The van der Waals surface area contributed by atoms with Crippen LogP contribution in [0.5, 0.6) is 0 Å². The van der Waals surface area contributed by atoms with Gasteiger partial charge in [0, 0.05) is 38.7 Å². The van der Waals surface area contributed by atoms with Crippen LogP contribution in [0.2, 0.25) is 0 Å². The Hall–Kier alpha value is -2.18. The van der Waals surface area contributed by atoms with Crippen molar-refractivity contribution < 1.29 is 9.59 Å². The summed E-state index contributed by atoms with van der Waals surface area (Å²) in [5, 5.41) is 6.06. The lowest BCUT2D eigenvalue weighted by Gasteiger charge is -2.35. The van der Waals surface area contributed by atoms with E-state index < -0.39 is 0 Å². The number of hydrogen-bond acceptors (Lipinski definition) is 4. The third kappa shape index (κ3) is 4.67. The maximum atomic E-state index is 12.4. The molecule has 1 saturated carbocycles. The third-order valence-electron chi connectivity index (χ3n) is 5.31. The molecule has 1 aromatic heterocycles. The molecular weight excluding hydrogens is 320 g/mol. The fraction of sp³-hybridized carbons (Fsp3) is 0.667. The molecule has 3 rings (SSSR count). The second kappa shape index (κ2) is 8.27. The summed E-state index contributed by atoms with van der Waals surface area (Å²) in [6.07, 6.45) is 8.10. The number of carbonyl (C=O) groups is 2. The Morgan fingerprint density at radius 1 is 1.04 bits per heavy atom. The standard InChI is InChI=1S/C18H26N4O3/c23-16-8-7-15(19-20-16)18(25)22-12-10-21(11-13-22)17(24)9-6-14-4-2-1-3-5-14/h7-8,14H,1-6,9-13H2,(H,20,23). The average Bonchev–Trinajstić information content (AvgIpc) is 2.67. The molecule has 7 heteroatoms. The lowest BCUT2D eigenvalue weighted by Crippen LogP contribution is -2.50. The van der Waals surface area contributed by atoms with E-state index in [0.717, 1.165) is 6.42 Å². The molecule has 7 nitrogen and oxygen atoms in total. The summed E-state index contributed by atoms with van der Waals surface area (Å²) in [4.78, 5) is 39.3. The minimum atomic E-state index is -0.329. The van der Waals surface area contributed by atoms with Gasteiger partial charge in [0.05, 0.1) is 0 Å². The Morgan fingerprint density at radius 3 is 2.36 bits per heavy atom. The first-order valence-corrected chi connectivity index (χ1v) is 9.26. The quantitative estimate of drug-likeness (QED) is 0.893. The van der Waals surface area contributed by atoms with Crippen LogP contribution in [0.4, 0.5) is 0 Å². The van der Waals surface area contributed by atoms with Gasteiger partial charge < -0.3 is 9.80 Å². The van der Waals surface area contributed by atoms with Gasteiger partial charge in [-0.25, -0.2) is 5.10 Å². The summed E-state index contributed by atoms with van der Waals surface area (Å²) in [5.74, 6) is 0.720. The minimum Gasteiger partial charge on any atom is -0.339 e. The zero-order valence-electron chi connectivity index (χ0n) is 14.6. The number of nitrogens with one attached hydrogen (secondary N) is 1. The predicted octanol–water partition coefficient (Wildman–Crippen LogP) is 1.41. The fourth-order valence-corrected chi connectivity index (χ4v) is 3.75. The molecule has 1 aliphatic heterocycles. The maximum absolute atomic E-state index is 12.4. The number of aromatic amines is 1. The van der Waals surface area contributed by atoms with Crippen LogP contribution in [0.25, 0.3) is 0 Å². The van der Waals surface area contributed by atoms with Crippen molar-refractivity contribution in [2.45, 2.75) is 44.9 Å². The molecule has 0 bridgehead atoms. The first kappa shape index (κ1) is 17.6. The first-order chi connectivity index (χ1) is 12.1. The van der Waals surface area contributed by atoms with Crippen LogP contribution >= 0.6 is 0 Å².